The number of amides is 2. The molecule has 6 nitrogen and oxygen atoms in total. The molecule has 2 atom stereocenters. The number of para-hydroxylation sites is 1. The van der Waals surface area contributed by atoms with E-state index >= 15 is 0 Å². The number of hydrogen-bond donors (Lipinski definition) is 0. The number of carbonyl (C=O) groups excluding carboxylic acids is 3. The SMILES string of the molecule is CC(=O)N1C(=O)[C@@H](CC(=O)c2cccc(C)c2)[C@@H](c2ccc(F)cc2)c2c(C)nn(-c3ccccc3)c21.S.S. The molecule has 2 heterocycles. The molecule has 0 N–H and O–H groups in total. The summed E-state index contributed by atoms with van der Waals surface area (Å²) >= 11 is 0. The molecule has 5 rings (SSSR count). The standard InChI is InChI=1S/C30H26FN3O3.2H2S/c1-18-8-7-9-22(16-18)26(36)17-25-28(21-12-14-23(31)15-13-21)27-19(2)32-34(24-10-5-4-6-11-24)29(27)33(20(3)35)30(25)37;;/h4-16,25,28H,17H2,1-3H3;2*1H2/t25-,28+;;/m0../s1. The third-order valence-corrected chi connectivity index (χ3v) is 6.83. The van der Waals surface area contributed by atoms with Gasteiger partial charge in [-0.15, -0.1) is 0 Å². The molecule has 0 fully saturated rings. The number of fused-ring (bicyclic) bond motifs is 1. The number of aryl methyl sites for hydroxylation is 2. The Balaban J connectivity index is 0.00000210. The Bertz CT molecular complexity index is 1520. The van der Waals surface area contributed by atoms with Gasteiger partial charge in [-0.25, -0.2) is 14.0 Å². The molecule has 3 aromatic carbocycles. The van der Waals surface area contributed by atoms with E-state index < -0.39 is 29.5 Å². The van der Waals surface area contributed by atoms with Crippen LogP contribution in [0, 0.1) is 25.6 Å². The summed E-state index contributed by atoms with van der Waals surface area (Å²) in [6, 6.07) is 22.4. The van der Waals surface area contributed by atoms with E-state index in [4.69, 9.17) is 5.10 Å². The summed E-state index contributed by atoms with van der Waals surface area (Å²) in [6.45, 7) is 5.05. The minimum atomic E-state index is -0.873. The van der Waals surface area contributed by atoms with Crippen molar-refractivity contribution in [2.45, 2.75) is 33.1 Å². The monoisotopic (exact) mass is 563 g/mol. The van der Waals surface area contributed by atoms with E-state index in [0.717, 1.165) is 10.5 Å². The third kappa shape index (κ3) is 5.55. The highest BCUT2D eigenvalue weighted by Crippen LogP contribution is 2.47. The molecule has 0 radical (unpaired) electrons. The number of Topliss-reactive ketones (excluding diaryl/α,β-unsaturated/α-hetero) is 1. The maximum absolute atomic E-state index is 14.0. The van der Waals surface area contributed by atoms with E-state index in [1.54, 1.807) is 35.0 Å². The van der Waals surface area contributed by atoms with Crippen molar-refractivity contribution in [1.29, 1.82) is 0 Å². The number of imide groups is 1. The van der Waals surface area contributed by atoms with Gasteiger partial charge < -0.3 is 0 Å². The summed E-state index contributed by atoms with van der Waals surface area (Å²) in [5.41, 5.74) is 4.10. The Morgan fingerprint density at radius 2 is 1.59 bits per heavy atom. The highest BCUT2D eigenvalue weighted by molar-refractivity contribution is 7.59. The minimum Gasteiger partial charge on any atom is -0.294 e. The van der Waals surface area contributed by atoms with Crippen LogP contribution in [-0.4, -0.2) is 27.4 Å². The van der Waals surface area contributed by atoms with Crippen LogP contribution >= 0.6 is 27.0 Å². The molecular weight excluding hydrogens is 533 g/mol. The molecular formula is C30H30FN3O3S2. The van der Waals surface area contributed by atoms with Gasteiger partial charge >= 0.3 is 0 Å². The Morgan fingerprint density at radius 3 is 2.21 bits per heavy atom. The van der Waals surface area contributed by atoms with Crippen LogP contribution in [0.5, 0.6) is 0 Å². The van der Waals surface area contributed by atoms with Crippen molar-refractivity contribution in [2.75, 3.05) is 4.90 Å². The zero-order chi connectivity index (χ0) is 26.3. The largest absolute Gasteiger partial charge is 0.294 e. The van der Waals surface area contributed by atoms with Crippen LogP contribution in [-0.2, 0) is 9.59 Å². The summed E-state index contributed by atoms with van der Waals surface area (Å²) in [5.74, 6) is -2.65. The smallest absolute Gasteiger partial charge is 0.239 e. The number of anilines is 1. The van der Waals surface area contributed by atoms with Crippen molar-refractivity contribution < 1.29 is 18.8 Å². The zero-order valence-electron chi connectivity index (χ0n) is 21.8. The Morgan fingerprint density at radius 1 is 0.923 bits per heavy atom. The number of carbonyl (C=O) groups is 3. The van der Waals surface area contributed by atoms with E-state index in [0.29, 0.717) is 33.9 Å². The molecule has 0 unspecified atom stereocenters. The van der Waals surface area contributed by atoms with Gasteiger partial charge in [-0.05, 0) is 49.7 Å². The van der Waals surface area contributed by atoms with Crippen molar-refractivity contribution in [1.82, 2.24) is 9.78 Å². The average molecular weight is 564 g/mol. The molecule has 0 saturated heterocycles. The van der Waals surface area contributed by atoms with Crippen molar-refractivity contribution in [3.63, 3.8) is 0 Å². The zero-order valence-corrected chi connectivity index (χ0v) is 23.8. The van der Waals surface area contributed by atoms with E-state index in [1.807, 2.05) is 50.2 Å². The molecule has 2 amide bonds. The first kappa shape index (κ1) is 29.9. The Kier molecular flexibility index (Phi) is 9.19. The molecule has 0 bridgehead atoms. The fourth-order valence-corrected chi connectivity index (χ4v) is 5.18. The minimum absolute atomic E-state index is 0. The predicted molar refractivity (Wildman–Crippen MR) is 159 cm³/mol. The molecule has 0 aliphatic carbocycles. The van der Waals surface area contributed by atoms with Crippen molar-refractivity contribution >= 4 is 50.4 Å². The van der Waals surface area contributed by atoms with E-state index in [-0.39, 0.29) is 39.2 Å². The molecule has 39 heavy (non-hydrogen) atoms. The van der Waals surface area contributed by atoms with Gasteiger partial charge in [0, 0.05) is 30.4 Å². The normalized spacial score (nSPS) is 16.1. The Labute approximate surface area is 240 Å². The van der Waals surface area contributed by atoms with Crippen LogP contribution in [0.3, 0.4) is 0 Å². The highest BCUT2D eigenvalue weighted by Gasteiger charge is 2.47. The summed E-state index contributed by atoms with van der Waals surface area (Å²) in [7, 11) is 0. The first-order chi connectivity index (χ1) is 17.8. The third-order valence-electron chi connectivity index (χ3n) is 6.83. The van der Waals surface area contributed by atoms with Crippen LogP contribution in [0.15, 0.2) is 78.9 Å². The maximum Gasteiger partial charge on any atom is 0.239 e. The number of nitrogens with zero attached hydrogens (tertiary/aromatic N) is 3. The van der Waals surface area contributed by atoms with Gasteiger partial charge in [0.25, 0.3) is 0 Å². The second kappa shape index (κ2) is 12.0. The van der Waals surface area contributed by atoms with Gasteiger partial charge in [0.15, 0.2) is 5.78 Å². The van der Waals surface area contributed by atoms with Crippen LogP contribution < -0.4 is 4.90 Å². The summed E-state index contributed by atoms with van der Waals surface area (Å²) < 4.78 is 15.5. The van der Waals surface area contributed by atoms with E-state index in [1.165, 1.54) is 19.1 Å². The molecule has 202 valence electrons. The fourth-order valence-electron chi connectivity index (χ4n) is 5.18. The second-order valence-corrected chi connectivity index (χ2v) is 9.40. The molecule has 4 aromatic rings. The van der Waals surface area contributed by atoms with Gasteiger partial charge in [0.1, 0.15) is 11.6 Å². The van der Waals surface area contributed by atoms with Crippen LogP contribution in [0.4, 0.5) is 10.2 Å². The predicted octanol–water partition coefficient (Wildman–Crippen LogP) is 5.77. The average Bonchev–Trinajstić information content (AvgIpc) is 3.21. The first-order valence-corrected chi connectivity index (χ1v) is 12.1. The van der Waals surface area contributed by atoms with Crippen LogP contribution in [0.25, 0.3) is 5.69 Å². The summed E-state index contributed by atoms with van der Waals surface area (Å²) in [6.07, 6.45) is -0.108. The van der Waals surface area contributed by atoms with Crippen molar-refractivity contribution in [3.8, 4) is 5.69 Å². The van der Waals surface area contributed by atoms with E-state index in [9.17, 15) is 18.8 Å². The molecule has 1 aliphatic heterocycles. The van der Waals surface area contributed by atoms with Crippen molar-refractivity contribution in [2.24, 2.45) is 5.92 Å². The Hall–Kier alpha value is -3.69. The molecule has 0 spiro atoms. The van der Waals surface area contributed by atoms with Gasteiger partial charge in [0.05, 0.1) is 17.3 Å². The lowest BCUT2D eigenvalue weighted by molar-refractivity contribution is -0.128. The second-order valence-electron chi connectivity index (χ2n) is 9.40. The lowest BCUT2D eigenvalue weighted by atomic mass is 9.74. The van der Waals surface area contributed by atoms with Gasteiger partial charge in [0.2, 0.25) is 11.8 Å². The number of halogens is 1. The lowest BCUT2D eigenvalue weighted by Gasteiger charge is -2.37. The number of aromatic nitrogens is 2. The summed E-state index contributed by atoms with van der Waals surface area (Å²) in [5, 5.41) is 4.72. The van der Waals surface area contributed by atoms with Gasteiger partial charge in [-0.1, -0.05) is 54.1 Å². The number of ketones is 1. The van der Waals surface area contributed by atoms with Gasteiger partial charge in [-0.3, -0.25) is 14.4 Å². The molecule has 0 saturated carbocycles. The number of hydrogen-bond acceptors (Lipinski definition) is 4. The number of benzene rings is 3. The summed E-state index contributed by atoms with van der Waals surface area (Å²) in [4.78, 5) is 41.5. The molecule has 9 heteroatoms. The number of rotatable bonds is 5. The molecule has 1 aromatic heterocycles. The quantitative estimate of drug-likeness (QED) is 0.289. The fraction of sp³-hybridized carbons (Fsp3) is 0.200. The highest BCUT2D eigenvalue weighted by atomic mass is 32.1. The van der Waals surface area contributed by atoms with Crippen LogP contribution in [0.1, 0.15) is 52.0 Å². The topological polar surface area (TPSA) is 72.3 Å². The van der Waals surface area contributed by atoms with Crippen LogP contribution in [0.2, 0.25) is 0 Å². The lowest BCUT2D eigenvalue weighted by Crippen LogP contribution is -2.47. The van der Waals surface area contributed by atoms with Crippen molar-refractivity contribution in [3.05, 3.63) is 113 Å². The first-order valence-electron chi connectivity index (χ1n) is 12.1. The maximum atomic E-state index is 14.0. The van der Waals surface area contributed by atoms with E-state index in [2.05, 4.69) is 0 Å². The molecule has 1 aliphatic rings. The van der Waals surface area contributed by atoms with Gasteiger partial charge in [-0.2, -0.15) is 32.1 Å².